The molecule has 0 unspecified atom stereocenters. The number of likely N-dealkylation sites (tertiary alicyclic amines) is 1. The number of nitrogens with zero attached hydrogens (tertiary/aromatic N) is 2. The van der Waals surface area contributed by atoms with Crippen molar-refractivity contribution in [3.63, 3.8) is 0 Å². The second-order valence-corrected chi connectivity index (χ2v) is 6.40. The molecule has 0 radical (unpaired) electrons. The molecule has 2 amide bonds. The van der Waals surface area contributed by atoms with Gasteiger partial charge in [0, 0.05) is 26.2 Å². The number of nitrogens with one attached hydrogen (secondary N) is 1. The highest BCUT2D eigenvalue weighted by atomic mass is 19.2. The van der Waals surface area contributed by atoms with Crippen LogP contribution in [0.3, 0.4) is 0 Å². The van der Waals surface area contributed by atoms with Crippen molar-refractivity contribution in [2.75, 3.05) is 33.7 Å². The van der Waals surface area contributed by atoms with E-state index in [1.807, 2.05) is 0 Å². The zero-order valence-corrected chi connectivity index (χ0v) is 14.0. The lowest BCUT2D eigenvalue weighted by atomic mass is 9.93. The van der Waals surface area contributed by atoms with Crippen LogP contribution in [-0.2, 0) is 6.42 Å². The maximum Gasteiger partial charge on any atom is 0.317 e. The fraction of sp³-hybridized carbons (Fsp3) is 0.588. The molecule has 1 heterocycles. The zero-order chi connectivity index (χ0) is 17.0. The molecule has 1 aromatic rings. The van der Waals surface area contributed by atoms with Crippen LogP contribution < -0.4 is 5.32 Å². The quantitative estimate of drug-likeness (QED) is 0.923. The molecule has 2 atom stereocenters. The second-order valence-electron chi connectivity index (χ2n) is 6.40. The summed E-state index contributed by atoms with van der Waals surface area (Å²) in [6.45, 7) is 4.37. The summed E-state index contributed by atoms with van der Waals surface area (Å²) >= 11 is 0. The van der Waals surface area contributed by atoms with E-state index < -0.39 is 11.6 Å². The first-order valence-electron chi connectivity index (χ1n) is 8.02. The summed E-state index contributed by atoms with van der Waals surface area (Å²) in [6, 6.07) is 4.14. The average molecular weight is 325 g/mol. The van der Waals surface area contributed by atoms with Gasteiger partial charge in [0.15, 0.2) is 11.6 Å². The molecule has 0 aromatic heterocycles. The number of urea groups is 1. The zero-order valence-electron chi connectivity index (χ0n) is 14.0. The van der Waals surface area contributed by atoms with Gasteiger partial charge in [-0.25, -0.2) is 13.6 Å². The van der Waals surface area contributed by atoms with Gasteiger partial charge in [0.25, 0.3) is 0 Å². The van der Waals surface area contributed by atoms with Gasteiger partial charge in [-0.15, -0.1) is 0 Å². The highest BCUT2D eigenvalue weighted by Crippen LogP contribution is 2.20. The predicted octanol–water partition coefficient (Wildman–Crippen LogP) is 2.49. The highest BCUT2D eigenvalue weighted by Gasteiger charge is 2.29. The first-order valence-corrected chi connectivity index (χ1v) is 8.02. The lowest BCUT2D eigenvalue weighted by Gasteiger charge is -2.39. The van der Waals surface area contributed by atoms with Crippen LogP contribution in [0.2, 0.25) is 0 Å². The molecule has 0 aliphatic carbocycles. The van der Waals surface area contributed by atoms with Gasteiger partial charge >= 0.3 is 6.03 Å². The topological polar surface area (TPSA) is 35.6 Å². The Balaban J connectivity index is 1.83. The number of rotatable bonds is 4. The lowest BCUT2D eigenvalue weighted by molar-refractivity contribution is 0.107. The maximum absolute atomic E-state index is 13.6. The number of benzene rings is 1. The molecule has 1 aliphatic heterocycles. The van der Waals surface area contributed by atoms with Crippen molar-refractivity contribution in [3.8, 4) is 0 Å². The third kappa shape index (κ3) is 4.41. The third-order valence-corrected chi connectivity index (χ3v) is 4.58. The van der Waals surface area contributed by atoms with Gasteiger partial charge in [-0.2, -0.15) is 0 Å². The maximum atomic E-state index is 13.6. The van der Waals surface area contributed by atoms with Gasteiger partial charge < -0.3 is 15.1 Å². The van der Waals surface area contributed by atoms with E-state index in [1.54, 1.807) is 11.9 Å². The van der Waals surface area contributed by atoms with Crippen molar-refractivity contribution in [2.24, 2.45) is 5.92 Å². The Morgan fingerprint density at radius 3 is 2.87 bits per heavy atom. The molecule has 0 bridgehead atoms. The molecule has 6 heteroatoms. The van der Waals surface area contributed by atoms with Gasteiger partial charge in [-0.3, -0.25) is 0 Å². The van der Waals surface area contributed by atoms with Gasteiger partial charge in [-0.05, 0) is 44.0 Å². The van der Waals surface area contributed by atoms with Crippen LogP contribution in [0.15, 0.2) is 18.2 Å². The minimum Gasteiger partial charge on any atom is -0.338 e. The van der Waals surface area contributed by atoms with Crippen molar-refractivity contribution in [1.82, 2.24) is 15.1 Å². The van der Waals surface area contributed by atoms with Crippen LogP contribution in [0.5, 0.6) is 0 Å². The molecule has 0 spiro atoms. The monoisotopic (exact) mass is 325 g/mol. The van der Waals surface area contributed by atoms with E-state index in [-0.39, 0.29) is 30.6 Å². The van der Waals surface area contributed by atoms with E-state index in [0.29, 0.717) is 5.92 Å². The van der Waals surface area contributed by atoms with Crippen LogP contribution in [-0.4, -0.2) is 55.6 Å². The van der Waals surface area contributed by atoms with Crippen LogP contribution in [0, 0.1) is 17.6 Å². The molecule has 1 saturated heterocycles. The highest BCUT2D eigenvalue weighted by molar-refractivity contribution is 5.74. The fourth-order valence-electron chi connectivity index (χ4n) is 3.24. The Hall–Kier alpha value is -1.69. The molecule has 1 aliphatic rings. The molecule has 128 valence electrons. The molecule has 0 saturated carbocycles. The summed E-state index contributed by atoms with van der Waals surface area (Å²) < 4.78 is 26.7. The number of hydrogen-bond acceptors (Lipinski definition) is 2. The Kier molecular flexibility index (Phi) is 5.93. The smallest absolute Gasteiger partial charge is 0.317 e. The van der Waals surface area contributed by atoms with Gasteiger partial charge in [0.05, 0.1) is 0 Å². The van der Waals surface area contributed by atoms with Gasteiger partial charge in [0.2, 0.25) is 0 Å². The number of carbonyl (C=O) groups is 1. The number of halogens is 2. The van der Waals surface area contributed by atoms with Crippen LogP contribution >= 0.6 is 0 Å². The summed E-state index contributed by atoms with van der Waals surface area (Å²) in [5.41, 5.74) is 0.278. The van der Waals surface area contributed by atoms with Crippen LogP contribution in [0.1, 0.15) is 18.9 Å². The van der Waals surface area contributed by atoms with Gasteiger partial charge in [-0.1, -0.05) is 19.1 Å². The molecule has 1 N–H and O–H groups in total. The first-order chi connectivity index (χ1) is 10.9. The number of hydrogen-bond donors (Lipinski definition) is 1. The summed E-state index contributed by atoms with van der Waals surface area (Å²) in [4.78, 5) is 16.2. The normalized spacial score (nSPS) is 22.0. The number of amides is 2. The minimum absolute atomic E-state index is 0.164. The van der Waals surface area contributed by atoms with Crippen molar-refractivity contribution in [3.05, 3.63) is 35.4 Å². The molecular weight excluding hydrogens is 300 g/mol. The lowest BCUT2D eigenvalue weighted by Crippen LogP contribution is -2.52. The minimum atomic E-state index is -0.855. The fourth-order valence-corrected chi connectivity index (χ4v) is 3.24. The van der Waals surface area contributed by atoms with Crippen molar-refractivity contribution >= 4 is 6.03 Å². The van der Waals surface area contributed by atoms with Gasteiger partial charge in [0.1, 0.15) is 0 Å². The second kappa shape index (κ2) is 7.73. The summed E-state index contributed by atoms with van der Waals surface area (Å²) in [5, 5.41) is 2.79. The number of carbonyl (C=O) groups excluding carboxylic acids is 1. The summed E-state index contributed by atoms with van der Waals surface area (Å²) in [5.74, 6) is -1.28. The Morgan fingerprint density at radius 1 is 1.43 bits per heavy atom. The third-order valence-electron chi connectivity index (χ3n) is 4.58. The van der Waals surface area contributed by atoms with E-state index in [2.05, 4.69) is 24.2 Å². The molecule has 1 fully saturated rings. The van der Waals surface area contributed by atoms with Crippen LogP contribution in [0.4, 0.5) is 13.6 Å². The predicted molar refractivity (Wildman–Crippen MR) is 86.3 cm³/mol. The largest absolute Gasteiger partial charge is 0.338 e. The van der Waals surface area contributed by atoms with E-state index >= 15 is 0 Å². The Bertz CT molecular complexity index is 553. The van der Waals surface area contributed by atoms with Crippen molar-refractivity contribution < 1.29 is 13.6 Å². The number of piperidine rings is 1. The Morgan fingerprint density at radius 2 is 2.17 bits per heavy atom. The standard InChI is InChI=1S/C17H25F2N3O/c1-12-11-21(2)10-8-15(12)22(3)17(23)20-9-7-13-5-4-6-14(18)16(13)19/h4-6,12,15H,7-11H2,1-3H3,(H,20,23)/t12-,15+/m0/s1. The van der Waals surface area contributed by atoms with Crippen molar-refractivity contribution in [1.29, 1.82) is 0 Å². The Labute approximate surface area is 136 Å². The molecule has 1 aromatic carbocycles. The summed E-state index contributed by atoms with van der Waals surface area (Å²) in [7, 11) is 3.88. The average Bonchev–Trinajstić information content (AvgIpc) is 2.50. The van der Waals surface area contributed by atoms with E-state index in [0.717, 1.165) is 25.6 Å². The van der Waals surface area contributed by atoms with Crippen LogP contribution in [0.25, 0.3) is 0 Å². The first kappa shape index (κ1) is 17.7. The SMILES string of the molecule is C[C@H]1CN(C)CC[C@H]1N(C)C(=O)NCCc1cccc(F)c1F. The van der Waals surface area contributed by atoms with Crippen molar-refractivity contribution in [2.45, 2.75) is 25.8 Å². The summed E-state index contributed by atoms with van der Waals surface area (Å²) in [6.07, 6.45) is 1.21. The van der Waals surface area contributed by atoms with E-state index in [4.69, 9.17) is 0 Å². The molecular formula is C17H25F2N3O. The van der Waals surface area contributed by atoms with E-state index in [1.165, 1.54) is 12.1 Å². The molecule has 2 rings (SSSR count). The van der Waals surface area contributed by atoms with E-state index in [9.17, 15) is 13.6 Å². The molecule has 4 nitrogen and oxygen atoms in total. The molecule has 23 heavy (non-hydrogen) atoms.